The number of methoxy groups -OCH3 is 3. The van der Waals surface area contributed by atoms with Crippen LogP contribution >= 0.6 is 35.4 Å². The number of benzene rings is 2. The number of halogens is 2. The van der Waals surface area contributed by atoms with E-state index in [1.54, 1.807) is 18.2 Å². The molecule has 0 saturated carbocycles. The van der Waals surface area contributed by atoms with Gasteiger partial charge in [0.15, 0.2) is 16.3 Å². The van der Waals surface area contributed by atoms with Gasteiger partial charge in [0.1, 0.15) is 5.75 Å². The quantitative estimate of drug-likeness (QED) is 0.643. The van der Waals surface area contributed by atoms with E-state index in [4.69, 9.17) is 49.6 Å². The number of aromatic nitrogens is 2. The number of aromatic amines is 1. The monoisotopic (exact) mass is 412 g/mol. The highest BCUT2D eigenvalue weighted by Gasteiger charge is 2.16. The minimum Gasteiger partial charge on any atom is -0.495 e. The second-order valence-corrected chi connectivity index (χ2v) is 6.46. The van der Waals surface area contributed by atoms with E-state index in [0.29, 0.717) is 38.9 Å². The second-order valence-electron chi connectivity index (χ2n) is 5.26. The van der Waals surface area contributed by atoms with E-state index < -0.39 is 0 Å². The van der Waals surface area contributed by atoms with Gasteiger partial charge >= 0.3 is 0 Å². The zero-order valence-electron chi connectivity index (χ0n) is 14.1. The molecule has 1 heterocycles. The highest BCUT2D eigenvalue weighted by atomic mass is 35.5. The summed E-state index contributed by atoms with van der Waals surface area (Å²) in [6.45, 7) is 0. The molecule has 3 rings (SSSR count). The maximum absolute atomic E-state index is 13.1. The maximum atomic E-state index is 13.1. The van der Waals surface area contributed by atoms with Crippen LogP contribution in [0.3, 0.4) is 0 Å². The zero-order chi connectivity index (χ0) is 19.0. The Morgan fingerprint density at radius 3 is 2.15 bits per heavy atom. The number of hydrogen-bond donors (Lipinski definition) is 1. The summed E-state index contributed by atoms with van der Waals surface area (Å²) in [5.41, 5.74) is 0.512. The largest absolute Gasteiger partial charge is 0.495 e. The van der Waals surface area contributed by atoms with E-state index in [1.807, 2.05) is 0 Å². The molecule has 136 valence electrons. The molecule has 0 aliphatic heterocycles. The van der Waals surface area contributed by atoms with Crippen LogP contribution in [-0.2, 0) is 0 Å². The first-order chi connectivity index (χ1) is 12.4. The molecule has 0 saturated heterocycles. The Hall–Kier alpha value is -2.22. The van der Waals surface area contributed by atoms with Gasteiger partial charge in [-0.2, -0.15) is 0 Å². The van der Waals surface area contributed by atoms with Gasteiger partial charge in [-0.25, -0.2) is 0 Å². The van der Waals surface area contributed by atoms with Crippen LogP contribution in [0, 0.1) is 4.77 Å². The first-order valence-electron chi connectivity index (χ1n) is 7.35. The molecule has 0 spiro atoms. The lowest BCUT2D eigenvalue weighted by Crippen LogP contribution is -2.21. The van der Waals surface area contributed by atoms with Crippen LogP contribution in [0.2, 0.25) is 10.0 Å². The average Bonchev–Trinajstić information content (AvgIpc) is 2.62. The third-order valence-corrected chi connectivity index (χ3v) is 4.75. The van der Waals surface area contributed by atoms with Crippen molar-refractivity contribution < 1.29 is 14.2 Å². The molecule has 0 aliphatic rings. The molecule has 0 atom stereocenters. The molecule has 1 N–H and O–H groups in total. The standard InChI is InChI=1S/C17H14Cl2N2O4S/c1-23-13-7-12(9(18)5-10(13)19)21-16(22)8-4-14(24-2)15(25-3)6-11(8)20-17(21)26/h4-7H,1-3H3,(H,20,26). The van der Waals surface area contributed by atoms with Gasteiger partial charge in [-0.1, -0.05) is 23.2 Å². The van der Waals surface area contributed by atoms with Crippen molar-refractivity contribution in [3.63, 3.8) is 0 Å². The number of nitrogens with zero attached hydrogens (tertiary/aromatic N) is 1. The van der Waals surface area contributed by atoms with E-state index in [2.05, 4.69) is 4.98 Å². The van der Waals surface area contributed by atoms with E-state index in [-0.39, 0.29) is 15.4 Å². The molecule has 0 bridgehead atoms. The van der Waals surface area contributed by atoms with Gasteiger partial charge in [-0.3, -0.25) is 9.36 Å². The summed E-state index contributed by atoms with van der Waals surface area (Å²) < 4.78 is 17.2. The zero-order valence-corrected chi connectivity index (χ0v) is 16.4. The number of ether oxygens (including phenoxy) is 3. The molecular formula is C17H14Cl2N2O4S. The van der Waals surface area contributed by atoms with Crippen molar-refractivity contribution in [3.05, 3.63) is 49.4 Å². The van der Waals surface area contributed by atoms with Crippen LogP contribution in [0.25, 0.3) is 16.6 Å². The van der Waals surface area contributed by atoms with Gasteiger partial charge < -0.3 is 19.2 Å². The van der Waals surface area contributed by atoms with Gasteiger partial charge in [-0.05, 0) is 24.4 Å². The van der Waals surface area contributed by atoms with Gasteiger partial charge in [0, 0.05) is 12.1 Å². The topological polar surface area (TPSA) is 65.5 Å². The van der Waals surface area contributed by atoms with Gasteiger partial charge in [0.2, 0.25) is 0 Å². The first kappa shape index (κ1) is 18.6. The average molecular weight is 413 g/mol. The molecule has 2 aromatic carbocycles. The van der Waals surface area contributed by atoms with E-state index in [9.17, 15) is 4.79 Å². The van der Waals surface area contributed by atoms with Crippen molar-refractivity contribution in [2.75, 3.05) is 21.3 Å². The highest BCUT2D eigenvalue weighted by Crippen LogP contribution is 2.34. The third-order valence-electron chi connectivity index (χ3n) is 3.86. The molecule has 0 amide bonds. The smallest absolute Gasteiger partial charge is 0.266 e. The lowest BCUT2D eigenvalue weighted by molar-refractivity contribution is 0.355. The predicted octanol–water partition coefficient (Wildman–Crippen LogP) is 4.38. The summed E-state index contributed by atoms with van der Waals surface area (Å²) in [7, 11) is 4.48. The van der Waals surface area contributed by atoms with Crippen LogP contribution in [0.15, 0.2) is 29.1 Å². The van der Waals surface area contributed by atoms with Crippen molar-refractivity contribution >= 4 is 46.3 Å². The second kappa shape index (κ2) is 7.19. The minimum absolute atomic E-state index is 0.168. The summed E-state index contributed by atoms with van der Waals surface area (Å²) in [6.07, 6.45) is 0. The molecule has 0 radical (unpaired) electrons. The lowest BCUT2D eigenvalue weighted by atomic mass is 10.2. The lowest BCUT2D eigenvalue weighted by Gasteiger charge is -2.14. The first-order valence-corrected chi connectivity index (χ1v) is 8.52. The Morgan fingerprint density at radius 1 is 0.923 bits per heavy atom. The Kier molecular flexibility index (Phi) is 5.13. The van der Waals surface area contributed by atoms with Gasteiger partial charge in [0.05, 0.1) is 48.0 Å². The Balaban J connectivity index is 2.39. The fraction of sp³-hybridized carbons (Fsp3) is 0.176. The van der Waals surface area contributed by atoms with Crippen LogP contribution in [-0.4, -0.2) is 30.9 Å². The summed E-state index contributed by atoms with van der Waals surface area (Å²) >= 11 is 17.7. The number of rotatable bonds is 4. The maximum Gasteiger partial charge on any atom is 0.266 e. The Labute approximate surface area is 163 Å². The number of nitrogens with one attached hydrogen (secondary N) is 1. The third kappa shape index (κ3) is 3.02. The Morgan fingerprint density at radius 2 is 1.54 bits per heavy atom. The normalized spacial score (nSPS) is 10.8. The summed E-state index contributed by atoms with van der Waals surface area (Å²) in [5, 5.41) is 0.954. The molecular weight excluding hydrogens is 399 g/mol. The molecule has 0 fully saturated rings. The summed E-state index contributed by atoms with van der Waals surface area (Å²) in [4.78, 5) is 16.1. The van der Waals surface area contributed by atoms with Crippen LogP contribution in [0.1, 0.15) is 0 Å². The number of fused-ring (bicyclic) bond motifs is 1. The van der Waals surface area contributed by atoms with E-state index in [0.717, 1.165) is 0 Å². The fourth-order valence-electron chi connectivity index (χ4n) is 2.61. The van der Waals surface area contributed by atoms with Crippen molar-refractivity contribution in [1.29, 1.82) is 0 Å². The van der Waals surface area contributed by atoms with Crippen molar-refractivity contribution in [2.45, 2.75) is 0 Å². The summed E-state index contributed by atoms with van der Waals surface area (Å²) in [6, 6.07) is 6.29. The minimum atomic E-state index is -0.365. The molecule has 1 aromatic heterocycles. The molecule has 0 unspecified atom stereocenters. The molecule has 26 heavy (non-hydrogen) atoms. The fourth-order valence-corrected chi connectivity index (χ4v) is 3.44. The number of hydrogen-bond acceptors (Lipinski definition) is 5. The van der Waals surface area contributed by atoms with E-state index >= 15 is 0 Å². The van der Waals surface area contributed by atoms with Crippen LogP contribution < -0.4 is 19.8 Å². The van der Waals surface area contributed by atoms with Gasteiger partial charge in [0.25, 0.3) is 5.56 Å². The predicted molar refractivity (Wildman–Crippen MR) is 104 cm³/mol. The van der Waals surface area contributed by atoms with Crippen LogP contribution in [0.4, 0.5) is 0 Å². The SMILES string of the molecule is COc1cc(-n2c(=S)[nH]c3cc(OC)c(OC)cc3c2=O)c(Cl)cc1Cl. The van der Waals surface area contributed by atoms with Crippen LogP contribution in [0.5, 0.6) is 17.2 Å². The van der Waals surface area contributed by atoms with Crippen molar-refractivity contribution in [3.8, 4) is 22.9 Å². The van der Waals surface area contributed by atoms with Crippen molar-refractivity contribution in [1.82, 2.24) is 9.55 Å². The molecule has 6 nitrogen and oxygen atoms in total. The number of H-pyrrole nitrogens is 1. The molecule has 0 aliphatic carbocycles. The Bertz CT molecular complexity index is 1120. The van der Waals surface area contributed by atoms with Crippen molar-refractivity contribution in [2.24, 2.45) is 0 Å². The highest BCUT2D eigenvalue weighted by molar-refractivity contribution is 7.71. The van der Waals surface area contributed by atoms with E-state index in [1.165, 1.54) is 32.0 Å². The van der Waals surface area contributed by atoms with Gasteiger partial charge in [-0.15, -0.1) is 0 Å². The molecule has 3 aromatic rings. The summed E-state index contributed by atoms with van der Waals surface area (Å²) in [5.74, 6) is 1.28. The molecule has 9 heteroatoms.